The van der Waals surface area contributed by atoms with E-state index in [1.165, 1.54) is 0 Å². The summed E-state index contributed by atoms with van der Waals surface area (Å²) in [6.07, 6.45) is 1.90. The van der Waals surface area contributed by atoms with Gasteiger partial charge in [0, 0.05) is 5.69 Å². The molecule has 0 bridgehead atoms. The van der Waals surface area contributed by atoms with Crippen molar-refractivity contribution in [3.8, 4) is 6.07 Å². The molecular formula is C10H12N2. The third-order valence-corrected chi connectivity index (χ3v) is 1.83. The van der Waals surface area contributed by atoms with Crippen molar-refractivity contribution in [2.24, 2.45) is 0 Å². The molecule has 0 saturated carbocycles. The van der Waals surface area contributed by atoms with E-state index in [0.717, 1.165) is 24.1 Å². The average Bonchev–Trinajstić information content (AvgIpc) is 2.09. The lowest BCUT2D eigenvalue weighted by Gasteiger charge is -2.04. The number of benzene rings is 1. The monoisotopic (exact) mass is 160 g/mol. The van der Waals surface area contributed by atoms with E-state index in [4.69, 9.17) is 11.0 Å². The third kappa shape index (κ3) is 1.57. The van der Waals surface area contributed by atoms with Gasteiger partial charge in [-0.2, -0.15) is 5.26 Å². The largest absolute Gasteiger partial charge is 0.398 e. The fourth-order valence-electron chi connectivity index (χ4n) is 1.24. The molecule has 0 spiro atoms. The highest BCUT2D eigenvalue weighted by Gasteiger charge is 2.03. The zero-order valence-electron chi connectivity index (χ0n) is 7.17. The Bertz CT molecular complexity index is 310. The van der Waals surface area contributed by atoms with Crippen LogP contribution in [0.4, 0.5) is 5.69 Å². The van der Waals surface area contributed by atoms with Crippen molar-refractivity contribution in [1.29, 1.82) is 5.26 Å². The van der Waals surface area contributed by atoms with Crippen LogP contribution in [0.3, 0.4) is 0 Å². The molecule has 1 aromatic carbocycles. The lowest BCUT2D eigenvalue weighted by atomic mass is 10.0. The van der Waals surface area contributed by atoms with Gasteiger partial charge in [-0.05, 0) is 24.1 Å². The average molecular weight is 160 g/mol. The lowest BCUT2D eigenvalue weighted by molar-refractivity contribution is 0.921. The van der Waals surface area contributed by atoms with E-state index in [2.05, 4.69) is 13.0 Å². The van der Waals surface area contributed by atoms with E-state index >= 15 is 0 Å². The molecule has 0 radical (unpaired) electrons. The van der Waals surface area contributed by atoms with Crippen LogP contribution in [-0.4, -0.2) is 0 Å². The van der Waals surface area contributed by atoms with Crippen LogP contribution in [0.15, 0.2) is 18.2 Å². The molecule has 0 fully saturated rings. The van der Waals surface area contributed by atoms with Gasteiger partial charge in [0.15, 0.2) is 0 Å². The second-order valence-corrected chi connectivity index (χ2v) is 2.74. The molecule has 0 aromatic heterocycles. The number of nitrogens with zero attached hydrogens (tertiary/aromatic N) is 1. The maximum atomic E-state index is 8.76. The number of nitrogens with two attached hydrogens (primary N) is 1. The standard InChI is InChI=1S/C10H12N2/c1-2-4-9-8(7-11)5-3-6-10(9)12/h3,5-6H,2,4,12H2,1H3. The second-order valence-electron chi connectivity index (χ2n) is 2.74. The van der Waals surface area contributed by atoms with Gasteiger partial charge in [0.2, 0.25) is 0 Å². The first-order valence-electron chi connectivity index (χ1n) is 4.07. The first-order chi connectivity index (χ1) is 5.79. The van der Waals surface area contributed by atoms with Crippen molar-refractivity contribution in [3.05, 3.63) is 29.3 Å². The second kappa shape index (κ2) is 3.77. The van der Waals surface area contributed by atoms with Gasteiger partial charge in [0.05, 0.1) is 11.6 Å². The number of hydrogen-bond donors (Lipinski definition) is 1. The zero-order valence-corrected chi connectivity index (χ0v) is 7.17. The minimum Gasteiger partial charge on any atom is -0.398 e. The van der Waals surface area contributed by atoms with Crippen LogP contribution < -0.4 is 5.73 Å². The van der Waals surface area contributed by atoms with Crippen LogP contribution in [0.25, 0.3) is 0 Å². The predicted octanol–water partition coefficient (Wildman–Crippen LogP) is 2.09. The number of hydrogen-bond acceptors (Lipinski definition) is 2. The van der Waals surface area contributed by atoms with Gasteiger partial charge < -0.3 is 5.73 Å². The molecule has 2 nitrogen and oxygen atoms in total. The number of anilines is 1. The van der Waals surface area contributed by atoms with Crippen molar-refractivity contribution in [1.82, 2.24) is 0 Å². The Morgan fingerprint density at radius 2 is 2.25 bits per heavy atom. The van der Waals surface area contributed by atoms with E-state index < -0.39 is 0 Å². The van der Waals surface area contributed by atoms with Crippen LogP contribution in [0.2, 0.25) is 0 Å². The van der Waals surface area contributed by atoms with Crippen molar-refractivity contribution >= 4 is 5.69 Å². The van der Waals surface area contributed by atoms with Gasteiger partial charge in [-0.3, -0.25) is 0 Å². The van der Waals surface area contributed by atoms with Gasteiger partial charge in [-0.15, -0.1) is 0 Å². The molecule has 0 amide bonds. The fraction of sp³-hybridized carbons (Fsp3) is 0.300. The molecular weight excluding hydrogens is 148 g/mol. The SMILES string of the molecule is CCCc1c(N)cccc1C#N. The number of nitriles is 1. The van der Waals surface area contributed by atoms with Crippen molar-refractivity contribution < 1.29 is 0 Å². The van der Waals surface area contributed by atoms with Crippen LogP contribution in [0.1, 0.15) is 24.5 Å². The maximum Gasteiger partial charge on any atom is 0.0995 e. The minimum atomic E-state index is 0.705. The van der Waals surface area contributed by atoms with Crippen LogP contribution in [-0.2, 0) is 6.42 Å². The Labute approximate surface area is 72.6 Å². The highest BCUT2D eigenvalue weighted by atomic mass is 14.6. The summed E-state index contributed by atoms with van der Waals surface area (Å²) in [7, 11) is 0. The molecule has 0 unspecified atom stereocenters. The molecule has 0 heterocycles. The zero-order chi connectivity index (χ0) is 8.97. The molecule has 0 aliphatic carbocycles. The Morgan fingerprint density at radius 3 is 2.83 bits per heavy atom. The van der Waals surface area contributed by atoms with Crippen LogP contribution >= 0.6 is 0 Å². The molecule has 1 rings (SSSR count). The van der Waals surface area contributed by atoms with Gasteiger partial charge >= 0.3 is 0 Å². The molecule has 0 saturated heterocycles. The van der Waals surface area contributed by atoms with Gasteiger partial charge in [0.1, 0.15) is 0 Å². The fourth-order valence-corrected chi connectivity index (χ4v) is 1.24. The molecule has 0 aliphatic heterocycles. The molecule has 2 heteroatoms. The molecule has 1 aromatic rings. The predicted molar refractivity (Wildman–Crippen MR) is 49.6 cm³/mol. The first kappa shape index (κ1) is 8.61. The summed E-state index contributed by atoms with van der Waals surface area (Å²) in [6, 6.07) is 7.60. The van der Waals surface area contributed by atoms with Gasteiger partial charge in [-0.25, -0.2) is 0 Å². The number of nitrogen functional groups attached to an aromatic ring is 1. The summed E-state index contributed by atoms with van der Waals surface area (Å²) in [5.41, 5.74) is 8.16. The quantitative estimate of drug-likeness (QED) is 0.673. The molecule has 0 atom stereocenters. The summed E-state index contributed by atoms with van der Waals surface area (Å²) in [5, 5.41) is 8.76. The van der Waals surface area contributed by atoms with E-state index in [1.54, 1.807) is 6.07 Å². The lowest BCUT2D eigenvalue weighted by Crippen LogP contribution is -1.96. The van der Waals surface area contributed by atoms with Gasteiger partial charge in [-0.1, -0.05) is 19.4 Å². The van der Waals surface area contributed by atoms with Crippen molar-refractivity contribution in [3.63, 3.8) is 0 Å². The Balaban J connectivity index is 3.13. The highest BCUT2D eigenvalue weighted by Crippen LogP contribution is 2.17. The smallest absolute Gasteiger partial charge is 0.0995 e. The summed E-state index contributed by atoms with van der Waals surface area (Å²) in [5.74, 6) is 0. The van der Waals surface area contributed by atoms with E-state index in [0.29, 0.717) is 5.56 Å². The minimum absolute atomic E-state index is 0.705. The Morgan fingerprint density at radius 1 is 1.50 bits per heavy atom. The van der Waals surface area contributed by atoms with Crippen molar-refractivity contribution in [2.45, 2.75) is 19.8 Å². The number of rotatable bonds is 2. The summed E-state index contributed by atoms with van der Waals surface area (Å²) in [6.45, 7) is 2.08. The topological polar surface area (TPSA) is 49.8 Å². The van der Waals surface area contributed by atoms with Crippen molar-refractivity contribution in [2.75, 3.05) is 5.73 Å². The van der Waals surface area contributed by atoms with Crippen LogP contribution in [0.5, 0.6) is 0 Å². The molecule has 2 N–H and O–H groups in total. The normalized spacial score (nSPS) is 9.33. The summed E-state index contributed by atoms with van der Waals surface area (Å²) in [4.78, 5) is 0. The highest BCUT2D eigenvalue weighted by molar-refractivity contribution is 5.54. The third-order valence-electron chi connectivity index (χ3n) is 1.83. The van der Waals surface area contributed by atoms with Crippen LogP contribution in [0, 0.1) is 11.3 Å². The van der Waals surface area contributed by atoms with Gasteiger partial charge in [0.25, 0.3) is 0 Å². The van der Waals surface area contributed by atoms with E-state index in [9.17, 15) is 0 Å². The molecule has 0 aliphatic rings. The Kier molecular flexibility index (Phi) is 2.71. The molecule has 62 valence electrons. The summed E-state index contributed by atoms with van der Waals surface area (Å²) < 4.78 is 0. The van der Waals surface area contributed by atoms with E-state index in [-0.39, 0.29) is 0 Å². The Hall–Kier alpha value is -1.49. The van der Waals surface area contributed by atoms with E-state index in [1.807, 2.05) is 12.1 Å². The first-order valence-corrected chi connectivity index (χ1v) is 4.07. The maximum absolute atomic E-state index is 8.76. The summed E-state index contributed by atoms with van der Waals surface area (Å²) >= 11 is 0. The molecule has 12 heavy (non-hydrogen) atoms.